The maximum Gasteiger partial charge on any atom is 0.335 e. The molecule has 0 saturated heterocycles. The fourth-order valence-corrected chi connectivity index (χ4v) is 2.76. The fourth-order valence-electron chi connectivity index (χ4n) is 2.08. The Hall–Kier alpha value is -1.95. The summed E-state index contributed by atoms with van der Waals surface area (Å²) in [5.41, 5.74) is 2.56. The SMILES string of the molecule is Cc1nnc(N2Cc3ccc(C(=O)O)cc3C2)s1. The van der Waals surface area contributed by atoms with Crippen LogP contribution in [0.2, 0.25) is 0 Å². The molecule has 2 heterocycles. The maximum absolute atomic E-state index is 10.9. The smallest absolute Gasteiger partial charge is 0.335 e. The summed E-state index contributed by atoms with van der Waals surface area (Å²) in [4.78, 5) is 13.0. The van der Waals surface area contributed by atoms with Gasteiger partial charge in [0.15, 0.2) is 0 Å². The summed E-state index contributed by atoms with van der Waals surface area (Å²) in [6, 6.07) is 5.27. The van der Waals surface area contributed by atoms with E-state index >= 15 is 0 Å². The lowest BCUT2D eigenvalue weighted by Crippen LogP contribution is -2.13. The van der Waals surface area contributed by atoms with Crippen molar-refractivity contribution in [3.63, 3.8) is 0 Å². The second-order valence-corrected chi connectivity index (χ2v) is 5.41. The number of nitrogens with zero attached hydrogens (tertiary/aromatic N) is 3. The van der Waals surface area contributed by atoms with Crippen LogP contribution >= 0.6 is 11.3 Å². The summed E-state index contributed by atoms with van der Waals surface area (Å²) in [5.74, 6) is -0.886. The predicted molar refractivity (Wildman–Crippen MR) is 67.9 cm³/mol. The first-order valence-corrected chi connectivity index (χ1v) is 6.35. The van der Waals surface area contributed by atoms with Gasteiger partial charge in [-0.1, -0.05) is 17.4 Å². The van der Waals surface area contributed by atoms with Crippen molar-refractivity contribution in [1.82, 2.24) is 10.2 Å². The molecule has 92 valence electrons. The molecule has 1 N–H and O–H groups in total. The number of benzene rings is 1. The van der Waals surface area contributed by atoms with Crippen molar-refractivity contribution in [3.05, 3.63) is 39.9 Å². The van der Waals surface area contributed by atoms with Gasteiger partial charge in [0.2, 0.25) is 5.13 Å². The quantitative estimate of drug-likeness (QED) is 0.896. The van der Waals surface area contributed by atoms with Crippen molar-refractivity contribution >= 4 is 22.4 Å². The molecular weight excluding hydrogens is 250 g/mol. The molecule has 0 fully saturated rings. The van der Waals surface area contributed by atoms with Crippen molar-refractivity contribution in [1.29, 1.82) is 0 Å². The Balaban J connectivity index is 1.89. The average Bonchev–Trinajstić information content (AvgIpc) is 2.93. The number of carbonyl (C=O) groups is 1. The van der Waals surface area contributed by atoms with E-state index in [1.54, 1.807) is 23.5 Å². The number of rotatable bonds is 2. The maximum atomic E-state index is 10.9. The van der Waals surface area contributed by atoms with Crippen molar-refractivity contribution in [2.24, 2.45) is 0 Å². The third kappa shape index (κ3) is 1.84. The molecule has 0 amide bonds. The first-order valence-electron chi connectivity index (χ1n) is 5.53. The Morgan fingerprint density at radius 2 is 2.11 bits per heavy atom. The molecular formula is C12H11N3O2S. The lowest BCUT2D eigenvalue weighted by molar-refractivity contribution is 0.0697. The Morgan fingerprint density at radius 1 is 1.33 bits per heavy atom. The number of hydrogen-bond donors (Lipinski definition) is 1. The third-order valence-electron chi connectivity index (χ3n) is 2.96. The molecule has 3 rings (SSSR count). The standard InChI is InChI=1S/C12H11N3O2S/c1-7-13-14-12(18-7)15-5-9-3-2-8(11(16)17)4-10(9)6-15/h2-4H,5-6H2,1H3,(H,16,17). The molecule has 0 saturated carbocycles. The van der Waals surface area contributed by atoms with Crippen LogP contribution in [0.1, 0.15) is 26.5 Å². The molecule has 1 aromatic heterocycles. The van der Waals surface area contributed by atoms with Crippen LogP contribution in [0.15, 0.2) is 18.2 Å². The van der Waals surface area contributed by atoms with Crippen LogP contribution in [-0.4, -0.2) is 21.3 Å². The summed E-state index contributed by atoms with van der Waals surface area (Å²) in [7, 11) is 0. The van der Waals surface area contributed by atoms with E-state index in [0.29, 0.717) is 12.1 Å². The topological polar surface area (TPSA) is 66.3 Å². The van der Waals surface area contributed by atoms with Gasteiger partial charge >= 0.3 is 5.97 Å². The molecule has 18 heavy (non-hydrogen) atoms. The zero-order valence-corrected chi connectivity index (χ0v) is 10.6. The molecule has 0 radical (unpaired) electrons. The minimum absolute atomic E-state index is 0.337. The van der Waals surface area contributed by atoms with E-state index in [1.807, 2.05) is 13.0 Å². The van der Waals surface area contributed by atoms with Gasteiger partial charge in [-0.2, -0.15) is 0 Å². The number of carboxylic acid groups (broad SMARTS) is 1. The lowest BCUT2D eigenvalue weighted by Gasteiger charge is -2.11. The normalized spacial score (nSPS) is 13.7. The van der Waals surface area contributed by atoms with Crippen LogP contribution in [0.4, 0.5) is 5.13 Å². The zero-order chi connectivity index (χ0) is 12.7. The van der Waals surface area contributed by atoms with Gasteiger partial charge in [-0.05, 0) is 30.2 Å². The van der Waals surface area contributed by atoms with Crippen molar-refractivity contribution in [3.8, 4) is 0 Å². The number of hydrogen-bond acceptors (Lipinski definition) is 5. The molecule has 1 aliphatic rings. The Labute approximate surface area is 108 Å². The van der Waals surface area contributed by atoms with E-state index < -0.39 is 5.97 Å². The number of fused-ring (bicyclic) bond motifs is 1. The number of aromatic carboxylic acids is 1. The highest BCUT2D eigenvalue weighted by molar-refractivity contribution is 7.15. The predicted octanol–water partition coefficient (Wildman–Crippen LogP) is 2.06. The van der Waals surface area contributed by atoms with Crippen LogP contribution in [0.5, 0.6) is 0 Å². The molecule has 5 nitrogen and oxygen atoms in total. The van der Waals surface area contributed by atoms with Gasteiger partial charge in [0.25, 0.3) is 0 Å². The van der Waals surface area contributed by atoms with Crippen LogP contribution in [0.25, 0.3) is 0 Å². The van der Waals surface area contributed by atoms with Gasteiger partial charge in [0.05, 0.1) is 5.56 Å². The minimum Gasteiger partial charge on any atom is -0.478 e. The van der Waals surface area contributed by atoms with Crippen LogP contribution < -0.4 is 4.90 Å². The van der Waals surface area contributed by atoms with Crippen LogP contribution in [-0.2, 0) is 13.1 Å². The highest BCUT2D eigenvalue weighted by Gasteiger charge is 2.22. The Kier molecular flexibility index (Phi) is 2.52. The van der Waals surface area contributed by atoms with Gasteiger partial charge in [-0.3, -0.25) is 0 Å². The second kappa shape index (κ2) is 4.06. The fraction of sp³-hybridized carbons (Fsp3) is 0.250. The van der Waals surface area contributed by atoms with Crippen LogP contribution in [0.3, 0.4) is 0 Å². The Morgan fingerprint density at radius 3 is 2.78 bits per heavy atom. The van der Waals surface area contributed by atoms with E-state index in [1.165, 1.54) is 0 Å². The second-order valence-electron chi connectivity index (χ2n) is 4.25. The zero-order valence-electron chi connectivity index (χ0n) is 9.75. The van der Waals surface area contributed by atoms with Gasteiger partial charge in [-0.15, -0.1) is 10.2 Å². The highest BCUT2D eigenvalue weighted by atomic mass is 32.1. The van der Waals surface area contributed by atoms with E-state index in [4.69, 9.17) is 5.11 Å². The highest BCUT2D eigenvalue weighted by Crippen LogP contribution is 2.30. The molecule has 0 aliphatic carbocycles. The Bertz CT molecular complexity index is 624. The van der Waals surface area contributed by atoms with Gasteiger partial charge in [-0.25, -0.2) is 4.79 Å². The number of aromatic nitrogens is 2. The summed E-state index contributed by atoms with van der Waals surface area (Å²) < 4.78 is 0. The van der Waals surface area contributed by atoms with Gasteiger partial charge in [0, 0.05) is 13.1 Å². The largest absolute Gasteiger partial charge is 0.478 e. The third-order valence-corrected chi connectivity index (χ3v) is 3.86. The summed E-state index contributed by atoms with van der Waals surface area (Å²) in [6.07, 6.45) is 0. The van der Waals surface area contributed by atoms with Crippen LogP contribution in [0, 0.1) is 6.92 Å². The summed E-state index contributed by atoms with van der Waals surface area (Å²) in [5, 5.41) is 18.9. The van der Waals surface area contributed by atoms with Gasteiger partial charge in [0.1, 0.15) is 5.01 Å². The first kappa shape index (κ1) is 11.2. The first-order chi connectivity index (χ1) is 8.63. The molecule has 0 unspecified atom stereocenters. The lowest BCUT2D eigenvalue weighted by atomic mass is 10.1. The molecule has 1 aromatic carbocycles. The van der Waals surface area contributed by atoms with Crippen molar-refractivity contribution in [2.75, 3.05) is 4.90 Å². The minimum atomic E-state index is -0.886. The molecule has 0 atom stereocenters. The van der Waals surface area contributed by atoms with E-state index in [2.05, 4.69) is 15.1 Å². The molecule has 0 spiro atoms. The monoisotopic (exact) mass is 261 g/mol. The van der Waals surface area contributed by atoms with Crippen molar-refractivity contribution < 1.29 is 9.90 Å². The molecule has 2 aromatic rings. The number of carboxylic acids is 1. The number of anilines is 1. The van der Waals surface area contributed by atoms with E-state index in [-0.39, 0.29) is 0 Å². The summed E-state index contributed by atoms with van der Waals surface area (Å²) in [6.45, 7) is 3.39. The van der Waals surface area contributed by atoms with E-state index in [0.717, 1.165) is 27.8 Å². The van der Waals surface area contributed by atoms with E-state index in [9.17, 15) is 4.79 Å². The molecule has 6 heteroatoms. The number of aryl methyl sites for hydroxylation is 1. The molecule has 1 aliphatic heterocycles. The summed E-state index contributed by atoms with van der Waals surface area (Å²) >= 11 is 1.55. The van der Waals surface area contributed by atoms with Crippen molar-refractivity contribution in [2.45, 2.75) is 20.0 Å². The van der Waals surface area contributed by atoms with Gasteiger partial charge < -0.3 is 10.0 Å². The molecule has 0 bridgehead atoms. The average molecular weight is 261 g/mol.